The molecule has 0 spiro atoms. The molecule has 0 amide bonds. The SMILES string of the molecule is C1=c2c(ccc3c2=NCC3)NNO1. The molecule has 1 aromatic rings. The molecule has 0 radical (unpaired) electrons. The standard InChI is InChI=1S/C9H9N3O/c1-2-8-7(5-13-12-11-8)9-6(1)3-4-10-9/h1-2,5,11-12H,3-4H2. The zero-order chi connectivity index (χ0) is 8.67. The zero-order valence-electron chi connectivity index (χ0n) is 7.00. The van der Waals surface area contributed by atoms with Crippen LogP contribution in [0.3, 0.4) is 0 Å². The van der Waals surface area contributed by atoms with Crippen molar-refractivity contribution >= 4 is 11.9 Å². The Kier molecular flexibility index (Phi) is 1.31. The molecule has 13 heavy (non-hydrogen) atoms. The number of anilines is 1. The minimum Gasteiger partial charge on any atom is -0.396 e. The molecule has 2 N–H and O–H groups in total. The van der Waals surface area contributed by atoms with Gasteiger partial charge in [-0.1, -0.05) is 11.7 Å². The van der Waals surface area contributed by atoms with Crippen molar-refractivity contribution in [3.05, 3.63) is 28.3 Å². The number of nitrogens with one attached hydrogen (secondary N) is 2. The molecule has 2 aliphatic rings. The van der Waals surface area contributed by atoms with E-state index >= 15 is 0 Å². The molecule has 4 heteroatoms. The van der Waals surface area contributed by atoms with Crippen molar-refractivity contribution in [2.75, 3.05) is 12.0 Å². The average molecular weight is 175 g/mol. The van der Waals surface area contributed by atoms with Crippen LogP contribution >= 0.6 is 0 Å². The van der Waals surface area contributed by atoms with Gasteiger partial charge in [-0.3, -0.25) is 10.4 Å². The maximum Gasteiger partial charge on any atom is 0.125 e. The van der Waals surface area contributed by atoms with Crippen molar-refractivity contribution in [3.63, 3.8) is 0 Å². The Hall–Kier alpha value is -1.55. The summed E-state index contributed by atoms with van der Waals surface area (Å²) in [4.78, 5) is 9.41. The van der Waals surface area contributed by atoms with Crippen LogP contribution in [0.2, 0.25) is 0 Å². The van der Waals surface area contributed by atoms with Gasteiger partial charge in [0.1, 0.15) is 6.26 Å². The van der Waals surface area contributed by atoms with E-state index in [0.29, 0.717) is 0 Å². The number of hydrogen-bond acceptors (Lipinski definition) is 4. The Bertz CT molecular complexity index is 466. The van der Waals surface area contributed by atoms with Crippen LogP contribution in [0.4, 0.5) is 5.69 Å². The number of nitrogens with zero attached hydrogens (tertiary/aromatic N) is 1. The second-order valence-corrected chi connectivity index (χ2v) is 3.13. The third kappa shape index (κ3) is 0.922. The van der Waals surface area contributed by atoms with E-state index in [2.05, 4.69) is 22.1 Å². The lowest BCUT2D eigenvalue weighted by atomic mass is 10.1. The highest BCUT2D eigenvalue weighted by Crippen LogP contribution is 2.04. The summed E-state index contributed by atoms with van der Waals surface area (Å²) < 4.78 is 0. The fourth-order valence-corrected chi connectivity index (χ4v) is 1.73. The Morgan fingerprint density at radius 3 is 3.38 bits per heavy atom. The summed E-state index contributed by atoms with van der Waals surface area (Å²) in [5.41, 5.74) is 7.85. The molecule has 66 valence electrons. The number of hydrazine groups is 1. The monoisotopic (exact) mass is 175 g/mol. The maximum absolute atomic E-state index is 4.98. The second kappa shape index (κ2) is 2.47. The van der Waals surface area contributed by atoms with E-state index in [1.807, 2.05) is 6.07 Å². The van der Waals surface area contributed by atoms with Crippen LogP contribution < -0.4 is 21.6 Å². The van der Waals surface area contributed by atoms with Gasteiger partial charge < -0.3 is 4.84 Å². The molecule has 2 aliphatic heterocycles. The van der Waals surface area contributed by atoms with E-state index in [4.69, 9.17) is 4.84 Å². The summed E-state index contributed by atoms with van der Waals surface area (Å²) >= 11 is 0. The molecule has 1 aromatic carbocycles. The van der Waals surface area contributed by atoms with Gasteiger partial charge in [0, 0.05) is 6.54 Å². The third-order valence-corrected chi connectivity index (χ3v) is 2.37. The van der Waals surface area contributed by atoms with Gasteiger partial charge in [-0.15, -0.1) is 0 Å². The van der Waals surface area contributed by atoms with Crippen molar-refractivity contribution in [3.8, 4) is 0 Å². The summed E-state index contributed by atoms with van der Waals surface area (Å²) in [6.45, 7) is 0.896. The van der Waals surface area contributed by atoms with Crippen molar-refractivity contribution < 1.29 is 4.84 Å². The van der Waals surface area contributed by atoms with Gasteiger partial charge in [-0.25, -0.2) is 0 Å². The first kappa shape index (κ1) is 6.91. The average Bonchev–Trinajstić information content (AvgIpc) is 2.65. The van der Waals surface area contributed by atoms with Crippen LogP contribution in [-0.2, 0) is 11.3 Å². The predicted molar refractivity (Wildman–Crippen MR) is 48.1 cm³/mol. The minimum atomic E-state index is 0.896. The van der Waals surface area contributed by atoms with Gasteiger partial charge in [-0.2, -0.15) is 0 Å². The molecule has 0 saturated heterocycles. The fourth-order valence-electron chi connectivity index (χ4n) is 1.73. The van der Waals surface area contributed by atoms with Crippen LogP contribution in [0.5, 0.6) is 0 Å². The molecule has 0 aromatic heterocycles. The van der Waals surface area contributed by atoms with Crippen LogP contribution in [0.25, 0.3) is 6.26 Å². The molecule has 0 atom stereocenters. The minimum absolute atomic E-state index is 0.896. The van der Waals surface area contributed by atoms with Crippen LogP contribution in [0.15, 0.2) is 17.1 Å². The van der Waals surface area contributed by atoms with Gasteiger partial charge in [0.2, 0.25) is 0 Å². The molecule has 2 heterocycles. The molecule has 4 nitrogen and oxygen atoms in total. The van der Waals surface area contributed by atoms with Crippen LogP contribution in [0, 0.1) is 0 Å². The normalized spacial score (nSPS) is 17.2. The van der Waals surface area contributed by atoms with Gasteiger partial charge >= 0.3 is 0 Å². The smallest absolute Gasteiger partial charge is 0.125 e. The van der Waals surface area contributed by atoms with E-state index in [1.165, 1.54) is 5.56 Å². The number of fused-ring (bicyclic) bond motifs is 3. The lowest BCUT2D eigenvalue weighted by molar-refractivity contribution is 0.191. The summed E-state index contributed by atoms with van der Waals surface area (Å²) in [6.07, 6.45) is 2.74. The molecule has 3 rings (SSSR count). The van der Waals surface area contributed by atoms with Gasteiger partial charge in [0.15, 0.2) is 0 Å². The number of benzene rings is 1. The lowest BCUT2D eigenvalue weighted by Crippen LogP contribution is -2.37. The fraction of sp³-hybridized carbons (Fsp3) is 0.222. The van der Waals surface area contributed by atoms with E-state index in [1.54, 1.807) is 6.26 Å². The van der Waals surface area contributed by atoms with Gasteiger partial charge in [0.25, 0.3) is 0 Å². The quantitative estimate of drug-likeness (QED) is 0.556. The van der Waals surface area contributed by atoms with E-state index in [9.17, 15) is 0 Å². The third-order valence-electron chi connectivity index (χ3n) is 2.37. The van der Waals surface area contributed by atoms with Crippen molar-refractivity contribution in [1.29, 1.82) is 0 Å². The molecule has 0 bridgehead atoms. The highest BCUT2D eigenvalue weighted by Gasteiger charge is 2.10. The van der Waals surface area contributed by atoms with E-state index in [0.717, 1.165) is 29.2 Å². The molecular formula is C9H9N3O. The molecule has 0 saturated carbocycles. The topological polar surface area (TPSA) is 45.7 Å². The number of hydrogen-bond donors (Lipinski definition) is 2. The van der Waals surface area contributed by atoms with Crippen molar-refractivity contribution in [1.82, 2.24) is 5.59 Å². The highest BCUT2D eigenvalue weighted by atomic mass is 16.7. The maximum atomic E-state index is 4.98. The molecule has 0 aliphatic carbocycles. The van der Waals surface area contributed by atoms with Crippen LogP contribution in [0.1, 0.15) is 5.56 Å². The van der Waals surface area contributed by atoms with Gasteiger partial charge in [-0.05, 0) is 18.1 Å². The largest absolute Gasteiger partial charge is 0.396 e. The Balaban J connectivity index is 2.42. The Morgan fingerprint density at radius 2 is 2.38 bits per heavy atom. The predicted octanol–water partition coefficient (Wildman–Crippen LogP) is -0.538. The van der Waals surface area contributed by atoms with Crippen molar-refractivity contribution in [2.45, 2.75) is 6.42 Å². The second-order valence-electron chi connectivity index (χ2n) is 3.13. The van der Waals surface area contributed by atoms with Gasteiger partial charge in [0.05, 0.1) is 16.3 Å². The first-order valence-corrected chi connectivity index (χ1v) is 4.28. The summed E-state index contributed by atoms with van der Waals surface area (Å²) in [6, 6.07) is 4.15. The zero-order valence-corrected chi connectivity index (χ0v) is 7.00. The molecule has 0 unspecified atom stereocenters. The first-order valence-electron chi connectivity index (χ1n) is 4.28. The van der Waals surface area contributed by atoms with Crippen molar-refractivity contribution in [2.24, 2.45) is 4.99 Å². The molecule has 0 fully saturated rings. The van der Waals surface area contributed by atoms with Crippen LogP contribution in [-0.4, -0.2) is 6.54 Å². The molecular weight excluding hydrogens is 166 g/mol. The highest BCUT2D eigenvalue weighted by molar-refractivity contribution is 5.49. The number of rotatable bonds is 0. The first-order chi connectivity index (χ1) is 6.45. The Morgan fingerprint density at radius 1 is 1.38 bits per heavy atom. The van der Waals surface area contributed by atoms with E-state index in [-0.39, 0.29) is 0 Å². The lowest BCUT2D eigenvalue weighted by Gasteiger charge is -2.12. The van der Waals surface area contributed by atoms with E-state index < -0.39 is 0 Å². The summed E-state index contributed by atoms with van der Waals surface area (Å²) in [7, 11) is 0. The summed E-state index contributed by atoms with van der Waals surface area (Å²) in [5.74, 6) is 0. The Labute approximate surface area is 74.9 Å². The summed E-state index contributed by atoms with van der Waals surface area (Å²) in [5, 5.41) is 2.13.